The summed E-state index contributed by atoms with van der Waals surface area (Å²) in [4.78, 5) is 34.9. The highest BCUT2D eigenvalue weighted by molar-refractivity contribution is 6.05. The molecule has 2 aromatic rings. The number of esters is 3. The fourth-order valence-corrected chi connectivity index (χ4v) is 3.34. The van der Waals surface area contributed by atoms with Crippen molar-refractivity contribution in [3.63, 3.8) is 0 Å². The van der Waals surface area contributed by atoms with E-state index in [1.54, 1.807) is 0 Å². The monoisotopic (exact) mass is 337 g/mol. The lowest BCUT2D eigenvalue weighted by Gasteiger charge is -2.21. The van der Waals surface area contributed by atoms with E-state index in [9.17, 15) is 14.4 Å². The van der Waals surface area contributed by atoms with Crippen LogP contribution in [0.4, 0.5) is 0 Å². The average molecular weight is 337 g/mol. The van der Waals surface area contributed by atoms with Crippen LogP contribution in [0, 0.1) is 0 Å². The largest absolute Gasteiger partial charge is 0.463 e. The van der Waals surface area contributed by atoms with Gasteiger partial charge in [0.05, 0.1) is 6.54 Å². The molecule has 1 unspecified atom stereocenters. The van der Waals surface area contributed by atoms with Gasteiger partial charge < -0.3 is 9.47 Å². The van der Waals surface area contributed by atoms with E-state index in [2.05, 4.69) is 10.1 Å². The molecule has 1 heterocycles. The summed E-state index contributed by atoms with van der Waals surface area (Å²) < 4.78 is 9.83. The van der Waals surface area contributed by atoms with Gasteiger partial charge in [-0.25, -0.2) is 9.59 Å². The summed E-state index contributed by atoms with van der Waals surface area (Å²) in [5.74, 6) is -2.45. The minimum atomic E-state index is -1.26. The molecule has 1 atom stereocenters. The van der Waals surface area contributed by atoms with Crippen molar-refractivity contribution in [2.45, 2.75) is 12.0 Å². The van der Waals surface area contributed by atoms with Crippen molar-refractivity contribution < 1.29 is 23.9 Å². The van der Waals surface area contributed by atoms with Gasteiger partial charge in [-0.2, -0.15) is 0 Å². The molecular weight excluding hydrogens is 322 g/mol. The fourth-order valence-electron chi connectivity index (χ4n) is 3.34. The number of cyclic esters (lactones) is 2. The third kappa shape index (κ3) is 2.70. The summed E-state index contributed by atoms with van der Waals surface area (Å²) in [6.07, 6.45) is 0. The van der Waals surface area contributed by atoms with Crippen molar-refractivity contribution >= 4 is 17.9 Å². The third-order valence-electron chi connectivity index (χ3n) is 4.49. The van der Waals surface area contributed by atoms with Gasteiger partial charge in [-0.3, -0.25) is 10.1 Å². The van der Waals surface area contributed by atoms with E-state index in [1.807, 2.05) is 48.5 Å². The van der Waals surface area contributed by atoms with Crippen molar-refractivity contribution in [2.75, 3.05) is 13.2 Å². The second-order valence-electron chi connectivity index (χ2n) is 5.96. The molecule has 0 saturated carbocycles. The maximum Gasteiger partial charge on any atom is 0.342 e. The molecule has 126 valence electrons. The van der Waals surface area contributed by atoms with Crippen LogP contribution in [0.25, 0.3) is 11.1 Å². The first kappa shape index (κ1) is 15.5. The normalized spacial score (nSPS) is 19.1. The van der Waals surface area contributed by atoms with Crippen molar-refractivity contribution in [3.05, 3.63) is 59.7 Å². The number of carbonyl (C=O) groups is 3. The van der Waals surface area contributed by atoms with Gasteiger partial charge in [0.1, 0.15) is 6.61 Å². The Morgan fingerprint density at radius 2 is 1.64 bits per heavy atom. The van der Waals surface area contributed by atoms with Gasteiger partial charge in [0, 0.05) is 5.92 Å². The maximum absolute atomic E-state index is 12.2. The standard InChI is InChI=1S/C19H15NO5/c21-16-9-20-17(19(23)25-16)18(22)24-10-15-13-7-3-1-5-11(13)12-6-2-4-8-14(12)15/h1-8,15,17,20H,9-10H2. The van der Waals surface area contributed by atoms with Gasteiger partial charge in [-0.1, -0.05) is 48.5 Å². The quantitative estimate of drug-likeness (QED) is 0.673. The molecule has 4 rings (SSSR count). The minimum Gasteiger partial charge on any atom is -0.463 e. The highest BCUT2D eigenvalue weighted by Gasteiger charge is 2.37. The molecule has 1 aliphatic carbocycles. The van der Waals surface area contributed by atoms with Crippen LogP contribution in [-0.4, -0.2) is 37.1 Å². The molecule has 0 amide bonds. The van der Waals surface area contributed by atoms with Crippen LogP contribution in [0.5, 0.6) is 0 Å². The zero-order valence-corrected chi connectivity index (χ0v) is 13.2. The molecule has 0 radical (unpaired) electrons. The molecule has 1 N–H and O–H groups in total. The van der Waals surface area contributed by atoms with E-state index < -0.39 is 23.9 Å². The second-order valence-corrected chi connectivity index (χ2v) is 5.96. The first-order chi connectivity index (χ1) is 12.1. The number of benzene rings is 2. The molecule has 6 heteroatoms. The Balaban J connectivity index is 1.52. The molecule has 6 nitrogen and oxygen atoms in total. The molecular formula is C19H15NO5. The predicted molar refractivity (Wildman–Crippen MR) is 87.6 cm³/mol. The third-order valence-corrected chi connectivity index (χ3v) is 4.49. The number of fused-ring (bicyclic) bond motifs is 3. The van der Waals surface area contributed by atoms with Gasteiger partial charge in [0.15, 0.2) is 0 Å². The summed E-state index contributed by atoms with van der Waals surface area (Å²) >= 11 is 0. The summed E-state index contributed by atoms with van der Waals surface area (Å²) in [7, 11) is 0. The number of morpholine rings is 1. The van der Waals surface area contributed by atoms with Crippen LogP contribution >= 0.6 is 0 Å². The lowest BCUT2D eigenvalue weighted by molar-refractivity contribution is -0.169. The van der Waals surface area contributed by atoms with E-state index in [4.69, 9.17) is 4.74 Å². The molecule has 0 aromatic heterocycles. The lowest BCUT2D eigenvalue weighted by Crippen LogP contribution is -2.53. The van der Waals surface area contributed by atoms with Crippen LogP contribution in [-0.2, 0) is 23.9 Å². The average Bonchev–Trinajstić information content (AvgIpc) is 2.94. The van der Waals surface area contributed by atoms with Gasteiger partial charge in [-0.15, -0.1) is 0 Å². The molecule has 2 aliphatic rings. The van der Waals surface area contributed by atoms with Gasteiger partial charge in [-0.05, 0) is 22.3 Å². The first-order valence-corrected chi connectivity index (χ1v) is 7.98. The number of carbonyl (C=O) groups excluding carboxylic acids is 3. The Kier molecular flexibility index (Phi) is 3.82. The van der Waals surface area contributed by atoms with E-state index in [0.717, 1.165) is 22.3 Å². The summed E-state index contributed by atoms with van der Waals surface area (Å²) in [6.45, 7) is -0.0765. The van der Waals surface area contributed by atoms with Crippen LogP contribution in [0.1, 0.15) is 17.0 Å². The smallest absolute Gasteiger partial charge is 0.342 e. The Morgan fingerprint density at radius 1 is 1.04 bits per heavy atom. The minimum absolute atomic E-state index is 0.0856. The zero-order valence-electron chi connectivity index (χ0n) is 13.2. The molecule has 1 saturated heterocycles. The van der Waals surface area contributed by atoms with Crippen LogP contribution < -0.4 is 5.32 Å². The number of ether oxygens (including phenoxy) is 2. The molecule has 1 aliphatic heterocycles. The Bertz CT molecular complexity index is 830. The van der Waals surface area contributed by atoms with Crippen molar-refractivity contribution in [2.24, 2.45) is 0 Å². The number of hydrogen-bond donors (Lipinski definition) is 1. The van der Waals surface area contributed by atoms with E-state index >= 15 is 0 Å². The van der Waals surface area contributed by atoms with E-state index in [1.165, 1.54) is 0 Å². The Hall–Kier alpha value is -2.99. The zero-order chi connectivity index (χ0) is 17.4. The fraction of sp³-hybridized carbons (Fsp3) is 0.211. The molecule has 25 heavy (non-hydrogen) atoms. The molecule has 1 fully saturated rings. The van der Waals surface area contributed by atoms with E-state index in [-0.39, 0.29) is 19.1 Å². The van der Waals surface area contributed by atoms with Gasteiger partial charge in [0.25, 0.3) is 0 Å². The van der Waals surface area contributed by atoms with Crippen LogP contribution in [0.2, 0.25) is 0 Å². The van der Waals surface area contributed by atoms with Crippen molar-refractivity contribution in [1.82, 2.24) is 5.32 Å². The highest BCUT2D eigenvalue weighted by Crippen LogP contribution is 2.44. The number of rotatable bonds is 3. The summed E-state index contributed by atoms with van der Waals surface area (Å²) in [5, 5.41) is 2.53. The van der Waals surface area contributed by atoms with Crippen LogP contribution in [0.3, 0.4) is 0 Å². The van der Waals surface area contributed by atoms with Gasteiger partial charge in [0.2, 0.25) is 6.04 Å². The SMILES string of the molecule is O=C1CNC(C(=O)OCC2c3ccccc3-c3ccccc32)C(=O)O1. The lowest BCUT2D eigenvalue weighted by atomic mass is 9.98. The summed E-state index contributed by atoms with van der Waals surface area (Å²) in [6, 6.07) is 14.7. The van der Waals surface area contributed by atoms with Gasteiger partial charge >= 0.3 is 17.9 Å². The Morgan fingerprint density at radius 3 is 2.24 bits per heavy atom. The second kappa shape index (κ2) is 6.14. The predicted octanol–water partition coefficient (Wildman–Crippen LogP) is 1.38. The number of nitrogens with one attached hydrogen (secondary N) is 1. The molecule has 2 aromatic carbocycles. The van der Waals surface area contributed by atoms with Crippen molar-refractivity contribution in [3.8, 4) is 11.1 Å². The molecule has 0 bridgehead atoms. The number of hydrogen-bond acceptors (Lipinski definition) is 6. The summed E-state index contributed by atoms with van der Waals surface area (Å²) in [5.41, 5.74) is 4.43. The topological polar surface area (TPSA) is 81.7 Å². The Labute approximate surface area is 143 Å². The maximum atomic E-state index is 12.2. The van der Waals surface area contributed by atoms with Crippen LogP contribution in [0.15, 0.2) is 48.5 Å². The first-order valence-electron chi connectivity index (χ1n) is 7.98. The molecule has 0 spiro atoms. The van der Waals surface area contributed by atoms with E-state index in [0.29, 0.717) is 0 Å². The highest BCUT2D eigenvalue weighted by atomic mass is 16.6. The van der Waals surface area contributed by atoms with Crippen molar-refractivity contribution in [1.29, 1.82) is 0 Å².